The van der Waals surface area contributed by atoms with Crippen molar-refractivity contribution in [1.29, 1.82) is 0 Å². The molecule has 0 bridgehead atoms. The number of nitrogens with zero attached hydrogens (tertiary/aromatic N) is 8. The van der Waals surface area contributed by atoms with Gasteiger partial charge in [-0.25, -0.2) is 19.3 Å². The van der Waals surface area contributed by atoms with Crippen LogP contribution in [0.5, 0.6) is 0 Å². The van der Waals surface area contributed by atoms with E-state index in [4.69, 9.17) is 11.6 Å². The Hall–Kier alpha value is -2.00. The first kappa shape index (κ1) is 15.9. The summed E-state index contributed by atoms with van der Waals surface area (Å²) in [6.07, 6.45) is 3.41. The van der Waals surface area contributed by atoms with Gasteiger partial charge in [0, 0.05) is 20.6 Å². The molecule has 10 heteroatoms. The van der Waals surface area contributed by atoms with E-state index in [-0.39, 0.29) is 6.04 Å². The van der Waals surface area contributed by atoms with Crippen molar-refractivity contribution < 1.29 is 0 Å². The van der Waals surface area contributed by atoms with Gasteiger partial charge in [0.1, 0.15) is 18.1 Å². The SMILES string of the molecule is CCn1ncnc1C(C)n1cc(-c2sc(N(C)C)nc2Cl)nn1. The highest BCUT2D eigenvalue weighted by Crippen LogP contribution is 2.36. The Balaban J connectivity index is 1.91. The van der Waals surface area contributed by atoms with Crippen molar-refractivity contribution in [1.82, 2.24) is 34.7 Å². The Labute approximate surface area is 142 Å². The van der Waals surface area contributed by atoms with Gasteiger partial charge in [0.25, 0.3) is 0 Å². The second-order valence-corrected chi connectivity index (χ2v) is 6.54. The molecule has 0 saturated heterocycles. The molecule has 8 nitrogen and oxygen atoms in total. The van der Waals surface area contributed by atoms with Crippen molar-refractivity contribution in [2.75, 3.05) is 19.0 Å². The number of aromatic nitrogens is 7. The molecule has 1 atom stereocenters. The average molecular weight is 353 g/mol. The molecule has 0 saturated carbocycles. The Morgan fingerprint density at radius 1 is 1.39 bits per heavy atom. The summed E-state index contributed by atoms with van der Waals surface area (Å²) in [5.74, 6) is 0.841. The predicted molar refractivity (Wildman–Crippen MR) is 90.0 cm³/mol. The van der Waals surface area contributed by atoms with Gasteiger partial charge in [-0.2, -0.15) is 5.10 Å². The number of anilines is 1. The quantitative estimate of drug-likeness (QED) is 0.701. The fourth-order valence-electron chi connectivity index (χ4n) is 2.17. The van der Waals surface area contributed by atoms with Crippen LogP contribution in [0.2, 0.25) is 5.15 Å². The summed E-state index contributed by atoms with van der Waals surface area (Å²) in [7, 11) is 3.85. The number of hydrogen-bond acceptors (Lipinski definition) is 7. The summed E-state index contributed by atoms with van der Waals surface area (Å²) in [6.45, 7) is 4.79. The maximum Gasteiger partial charge on any atom is 0.186 e. The smallest absolute Gasteiger partial charge is 0.186 e. The highest BCUT2D eigenvalue weighted by Gasteiger charge is 2.19. The summed E-state index contributed by atoms with van der Waals surface area (Å²) in [4.78, 5) is 11.4. The first-order chi connectivity index (χ1) is 11.0. The normalized spacial score (nSPS) is 12.6. The minimum Gasteiger partial charge on any atom is -0.354 e. The van der Waals surface area contributed by atoms with Crippen LogP contribution in [0.3, 0.4) is 0 Å². The fourth-order valence-corrected chi connectivity index (χ4v) is 3.34. The third-order valence-electron chi connectivity index (χ3n) is 3.42. The minimum atomic E-state index is -0.0706. The highest BCUT2D eigenvalue weighted by atomic mass is 35.5. The molecule has 0 N–H and O–H groups in total. The lowest BCUT2D eigenvalue weighted by atomic mass is 10.3. The maximum atomic E-state index is 6.23. The Morgan fingerprint density at radius 3 is 2.83 bits per heavy atom. The number of thiazole rings is 1. The van der Waals surface area contributed by atoms with Gasteiger partial charge in [-0.05, 0) is 13.8 Å². The van der Waals surface area contributed by atoms with Gasteiger partial charge in [-0.1, -0.05) is 28.2 Å². The Kier molecular flexibility index (Phi) is 4.31. The van der Waals surface area contributed by atoms with Crippen LogP contribution in [0.1, 0.15) is 25.7 Å². The van der Waals surface area contributed by atoms with Crippen LogP contribution in [-0.2, 0) is 6.54 Å². The largest absolute Gasteiger partial charge is 0.354 e. The van der Waals surface area contributed by atoms with Crippen LogP contribution in [0.4, 0.5) is 5.13 Å². The maximum absolute atomic E-state index is 6.23. The molecular formula is C13H17ClN8S. The summed E-state index contributed by atoms with van der Waals surface area (Å²) in [6, 6.07) is -0.0706. The molecule has 3 aromatic rings. The molecule has 0 aliphatic carbocycles. The molecule has 0 radical (unpaired) electrons. The number of aryl methyl sites for hydroxylation is 1. The molecule has 1 unspecified atom stereocenters. The lowest BCUT2D eigenvalue weighted by Crippen LogP contribution is -2.14. The van der Waals surface area contributed by atoms with E-state index in [0.717, 1.165) is 22.4 Å². The first-order valence-electron chi connectivity index (χ1n) is 7.14. The molecule has 23 heavy (non-hydrogen) atoms. The van der Waals surface area contributed by atoms with Gasteiger partial charge in [0.2, 0.25) is 0 Å². The highest BCUT2D eigenvalue weighted by molar-refractivity contribution is 7.19. The zero-order valence-corrected chi connectivity index (χ0v) is 14.9. The van der Waals surface area contributed by atoms with E-state index in [1.807, 2.05) is 43.7 Å². The van der Waals surface area contributed by atoms with Gasteiger partial charge >= 0.3 is 0 Å². The van der Waals surface area contributed by atoms with E-state index in [0.29, 0.717) is 10.8 Å². The van der Waals surface area contributed by atoms with Crippen LogP contribution in [0.15, 0.2) is 12.5 Å². The zero-order chi connectivity index (χ0) is 16.6. The minimum absolute atomic E-state index is 0.0706. The van der Waals surface area contributed by atoms with Gasteiger partial charge in [-0.15, -0.1) is 5.10 Å². The van der Waals surface area contributed by atoms with Crippen LogP contribution >= 0.6 is 22.9 Å². The molecule has 0 aromatic carbocycles. The Morgan fingerprint density at radius 2 is 2.17 bits per heavy atom. The van der Waals surface area contributed by atoms with Gasteiger partial charge < -0.3 is 4.90 Å². The van der Waals surface area contributed by atoms with Crippen molar-refractivity contribution in [3.63, 3.8) is 0 Å². The first-order valence-corrected chi connectivity index (χ1v) is 8.34. The topological polar surface area (TPSA) is 77.5 Å². The molecule has 3 aromatic heterocycles. The summed E-state index contributed by atoms with van der Waals surface area (Å²) < 4.78 is 3.60. The van der Waals surface area contributed by atoms with E-state index in [1.165, 1.54) is 11.3 Å². The predicted octanol–water partition coefficient (Wildman–Crippen LogP) is 2.34. The third-order valence-corrected chi connectivity index (χ3v) is 5.05. The van der Waals surface area contributed by atoms with Crippen molar-refractivity contribution in [2.45, 2.75) is 26.4 Å². The average Bonchev–Trinajstić information content (AvgIpc) is 3.24. The van der Waals surface area contributed by atoms with E-state index in [9.17, 15) is 0 Å². The van der Waals surface area contributed by atoms with Crippen molar-refractivity contribution in [2.24, 2.45) is 0 Å². The monoisotopic (exact) mass is 352 g/mol. The summed E-state index contributed by atoms with van der Waals surface area (Å²) >= 11 is 7.71. The molecule has 122 valence electrons. The Bertz CT molecular complexity index is 805. The number of hydrogen-bond donors (Lipinski definition) is 0. The molecule has 0 aliphatic rings. The van der Waals surface area contributed by atoms with Crippen LogP contribution < -0.4 is 4.90 Å². The number of halogens is 1. The van der Waals surface area contributed by atoms with E-state index >= 15 is 0 Å². The van der Waals surface area contributed by atoms with Crippen LogP contribution in [0, 0.1) is 0 Å². The second kappa shape index (κ2) is 6.25. The van der Waals surface area contributed by atoms with Gasteiger partial charge in [0.15, 0.2) is 16.1 Å². The lowest BCUT2D eigenvalue weighted by molar-refractivity contribution is 0.479. The molecular weight excluding hydrogens is 336 g/mol. The van der Waals surface area contributed by atoms with Gasteiger partial charge in [-0.3, -0.25) is 0 Å². The standard InChI is InChI=1S/C13H17ClN8S/c1-5-21-12(15-7-16-21)8(2)22-6-9(18-19-22)10-11(14)17-13(23-10)20(3)4/h6-8H,5H2,1-4H3. The molecule has 0 amide bonds. The van der Waals surface area contributed by atoms with E-state index in [2.05, 4.69) is 25.4 Å². The second-order valence-electron chi connectivity index (χ2n) is 5.20. The summed E-state index contributed by atoms with van der Waals surface area (Å²) in [5, 5.41) is 13.9. The van der Waals surface area contributed by atoms with Gasteiger partial charge in [0.05, 0.1) is 11.1 Å². The molecule has 0 aliphatic heterocycles. The van der Waals surface area contributed by atoms with Crippen molar-refractivity contribution in [3.8, 4) is 10.6 Å². The lowest BCUT2D eigenvalue weighted by Gasteiger charge is -2.10. The molecule has 3 rings (SSSR count). The zero-order valence-electron chi connectivity index (χ0n) is 13.3. The van der Waals surface area contributed by atoms with Crippen molar-refractivity contribution >= 4 is 28.1 Å². The van der Waals surface area contributed by atoms with E-state index in [1.54, 1.807) is 11.0 Å². The summed E-state index contributed by atoms with van der Waals surface area (Å²) in [5.41, 5.74) is 0.704. The fraction of sp³-hybridized carbons (Fsp3) is 0.462. The van der Waals surface area contributed by atoms with Crippen LogP contribution in [0.25, 0.3) is 10.6 Å². The number of rotatable bonds is 5. The van der Waals surface area contributed by atoms with Crippen LogP contribution in [-0.4, -0.2) is 48.8 Å². The molecule has 3 heterocycles. The van der Waals surface area contributed by atoms with Crippen molar-refractivity contribution in [3.05, 3.63) is 23.5 Å². The molecule has 0 spiro atoms. The third kappa shape index (κ3) is 2.93. The van der Waals surface area contributed by atoms with E-state index < -0.39 is 0 Å². The molecule has 0 fully saturated rings.